The van der Waals surface area contributed by atoms with E-state index in [9.17, 15) is 4.79 Å². The summed E-state index contributed by atoms with van der Waals surface area (Å²) in [6.45, 7) is 0.908. The maximum atomic E-state index is 13.1. The van der Waals surface area contributed by atoms with Crippen LogP contribution in [0.3, 0.4) is 0 Å². The maximum absolute atomic E-state index is 13.1. The van der Waals surface area contributed by atoms with Crippen LogP contribution in [0.15, 0.2) is 42.5 Å². The molecule has 0 bridgehead atoms. The quantitative estimate of drug-likeness (QED) is 0.789. The van der Waals surface area contributed by atoms with Gasteiger partial charge in [-0.15, -0.1) is 0 Å². The van der Waals surface area contributed by atoms with Gasteiger partial charge >= 0.3 is 0 Å². The lowest BCUT2D eigenvalue weighted by Crippen LogP contribution is -2.32. The van der Waals surface area contributed by atoms with Crippen molar-refractivity contribution < 1.29 is 9.53 Å². The third kappa shape index (κ3) is 2.78. The van der Waals surface area contributed by atoms with E-state index in [0.717, 1.165) is 36.4 Å². The molecule has 2 aromatic rings. The van der Waals surface area contributed by atoms with Crippen LogP contribution in [-0.2, 0) is 4.79 Å². The van der Waals surface area contributed by atoms with Crippen molar-refractivity contribution in [1.29, 1.82) is 0 Å². The van der Waals surface area contributed by atoms with Gasteiger partial charge in [0.05, 0.1) is 23.2 Å². The summed E-state index contributed by atoms with van der Waals surface area (Å²) in [5.74, 6) is 0.920. The van der Waals surface area contributed by atoms with Gasteiger partial charge in [-0.25, -0.2) is 0 Å². The summed E-state index contributed by atoms with van der Waals surface area (Å²) in [6.07, 6.45) is 1.80. The molecule has 4 nitrogen and oxygen atoms in total. The van der Waals surface area contributed by atoms with E-state index in [1.807, 2.05) is 35.2 Å². The number of ether oxygens (including phenoxy) is 1. The summed E-state index contributed by atoms with van der Waals surface area (Å²) >= 11 is 12.2. The van der Waals surface area contributed by atoms with Crippen molar-refractivity contribution in [2.45, 2.75) is 25.0 Å². The molecule has 2 fully saturated rings. The average Bonchev–Trinajstić information content (AvgIpc) is 3.20. The first-order valence-corrected chi connectivity index (χ1v) is 9.03. The molecule has 2 saturated heterocycles. The van der Waals surface area contributed by atoms with Crippen LogP contribution in [0.4, 0.5) is 5.69 Å². The number of fused-ring (bicyclic) bond motifs is 1. The second-order valence-corrected chi connectivity index (χ2v) is 7.16. The molecule has 25 heavy (non-hydrogen) atoms. The molecule has 2 aromatic carbocycles. The molecule has 2 heterocycles. The van der Waals surface area contributed by atoms with Crippen LogP contribution in [-0.4, -0.2) is 30.5 Å². The number of carbonyl (C=O) groups is 1. The number of hydrogen-bond acceptors (Lipinski definition) is 3. The average molecular weight is 377 g/mol. The van der Waals surface area contributed by atoms with Gasteiger partial charge in [0, 0.05) is 12.2 Å². The highest BCUT2D eigenvalue weighted by molar-refractivity contribution is 6.42. The van der Waals surface area contributed by atoms with E-state index in [4.69, 9.17) is 27.9 Å². The number of carbonyl (C=O) groups excluding carboxylic acids is 1. The van der Waals surface area contributed by atoms with E-state index in [1.54, 1.807) is 19.2 Å². The van der Waals surface area contributed by atoms with Crippen LogP contribution in [0.5, 0.6) is 5.75 Å². The zero-order valence-electron chi connectivity index (χ0n) is 13.8. The Balaban J connectivity index is 1.78. The number of hydrogen-bond donors (Lipinski definition) is 0. The van der Waals surface area contributed by atoms with Crippen molar-refractivity contribution in [3.8, 4) is 5.75 Å². The summed E-state index contributed by atoms with van der Waals surface area (Å²) in [5, 5.41) is 0.936. The number of amides is 1. The monoisotopic (exact) mass is 376 g/mol. The van der Waals surface area contributed by atoms with Crippen molar-refractivity contribution in [1.82, 2.24) is 4.90 Å². The number of nitrogens with zero attached hydrogens (tertiary/aromatic N) is 2. The molecule has 0 saturated carbocycles. The molecule has 0 spiro atoms. The highest BCUT2D eigenvalue weighted by Crippen LogP contribution is 2.43. The Labute approximate surface area is 156 Å². The Bertz CT molecular complexity index is 810. The lowest BCUT2D eigenvalue weighted by atomic mass is 10.1. The highest BCUT2D eigenvalue weighted by atomic mass is 35.5. The predicted molar refractivity (Wildman–Crippen MR) is 99.4 cm³/mol. The minimum Gasteiger partial charge on any atom is -0.497 e. The first-order chi connectivity index (χ1) is 12.1. The summed E-state index contributed by atoms with van der Waals surface area (Å²) in [4.78, 5) is 17.2. The van der Waals surface area contributed by atoms with E-state index >= 15 is 0 Å². The van der Waals surface area contributed by atoms with E-state index in [1.165, 1.54) is 0 Å². The molecule has 130 valence electrons. The molecule has 0 unspecified atom stereocenters. The lowest BCUT2D eigenvalue weighted by molar-refractivity contribution is -0.119. The van der Waals surface area contributed by atoms with Gasteiger partial charge in [-0.2, -0.15) is 0 Å². The van der Waals surface area contributed by atoms with Crippen LogP contribution < -0.4 is 9.64 Å². The van der Waals surface area contributed by atoms with Crippen molar-refractivity contribution in [3.05, 3.63) is 58.1 Å². The van der Waals surface area contributed by atoms with Crippen LogP contribution in [0.25, 0.3) is 0 Å². The smallest absolute Gasteiger partial charge is 0.246 e. The fraction of sp³-hybridized carbons (Fsp3) is 0.316. The number of methoxy groups -OCH3 is 1. The van der Waals surface area contributed by atoms with E-state index in [0.29, 0.717) is 10.0 Å². The largest absolute Gasteiger partial charge is 0.497 e. The second-order valence-electron chi connectivity index (χ2n) is 6.35. The SMILES string of the molecule is COc1ccc([C@H]2N(c3ccc(Cl)c(Cl)c3)C(=O)[C@@H]3CCCN32)cc1. The molecule has 0 radical (unpaired) electrons. The summed E-state index contributed by atoms with van der Waals surface area (Å²) in [7, 11) is 1.65. The predicted octanol–water partition coefficient (Wildman–Crippen LogP) is 4.51. The van der Waals surface area contributed by atoms with Gasteiger partial charge in [-0.3, -0.25) is 14.6 Å². The normalized spacial score (nSPS) is 23.2. The van der Waals surface area contributed by atoms with Crippen LogP contribution >= 0.6 is 23.2 Å². The molecule has 1 amide bonds. The van der Waals surface area contributed by atoms with Crippen molar-refractivity contribution in [2.24, 2.45) is 0 Å². The fourth-order valence-electron chi connectivity index (χ4n) is 3.80. The molecule has 2 atom stereocenters. The van der Waals surface area contributed by atoms with Gasteiger partial charge in [-0.1, -0.05) is 35.3 Å². The second kappa shape index (κ2) is 6.52. The third-order valence-electron chi connectivity index (χ3n) is 4.97. The highest BCUT2D eigenvalue weighted by Gasteiger charge is 2.49. The number of anilines is 1. The van der Waals surface area contributed by atoms with Gasteiger partial charge in [0.2, 0.25) is 5.91 Å². The van der Waals surface area contributed by atoms with E-state index < -0.39 is 0 Å². The van der Waals surface area contributed by atoms with E-state index in [-0.39, 0.29) is 18.1 Å². The first-order valence-electron chi connectivity index (χ1n) is 8.28. The van der Waals surface area contributed by atoms with Gasteiger partial charge in [-0.05, 0) is 48.7 Å². The number of rotatable bonds is 3. The molecule has 0 aliphatic carbocycles. The Kier molecular flexibility index (Phi) is 4.36. The molecule has 0 N–H and O–H groups in total. The molecule has 0 aromatic heterocycles. The minimum atomic E-state index is -0.136. The fourth-order valence-corrected chi connectivity index (χ4v) is 4.09. The van der Waals surface area contributed by atoms with Gasteiger partial charge in [0.1, 0.15) is 11.9 Å². The maximum Gasteiger partial charge on any atom is 0.246 e. The molecule has 2 aliphatic heterocycles. The summed E-state index contributed by atoms with van der Waals surface area (Å²) < 4.78 is 5.25. The Hall–Kier alpha value is -1.75. The lowest BCUT2D eigenvalue weighted by Gasteiger charge is -2.30. The molecule has 4 rings (SSSR count). The van der Waals surface area contributed by atoms with Crippen molar-refractivity contribution in [3.63, 3.8) is 0 Å². The van der Waals surface area contributed by atoms with Crippen molar-refractivity contribution >= 4 is 34.8 Å². The van der Waals surface area contributed by atoms with Gasteiger partial charge < -0.3 is 4.74 Å². The Morgan fingerprint density at radius 1 is 1.08 bits per heavy atom. The topological polar surface area (TPSA) is 32.8 Å². The summed E-state index contributed by atoms with van der Waals surface area (Å²) in [5.41, 5.74) is 1.83. The molecular weight excluding hydrogens is 359 g/mol. The standard InChI is InChI=1S/C19H18Cl2N2O2/c1-25-14-7-4-12(5-8-14)18-22-10-2-3-17(22)19(24)23(18)13-6-9-15(20)16(21)11-13/h4-9,11,17-18H,2-3,10H2,1H3/t17-,18+/m0/s1. The molecule has 2 aliphatic rings. The number of benzene rings is 2. The molecular formula is C19H18Cl2N2O2. The van der Waals surface area contributed by atoms with Gasteiger partial charge in [0.15, 0.2) is 0 Å². The summed E-state index contributed by atoms with van der Waals surface area (Å²) in [6, 6.07) is 13.2. The first kappa shape index (κ1) is 16.7. The van der Waals surface area contributed by atoms with Gasteiger partial charge in [0.25, 0.3) is 0 Å². The minimum absolute atomic E-state index is 0.0680. The van der Waals surface area contributed by atoms with Crippen LogP contribution in [0, 0.1) is 0 Å². The molecule has 6 heteroatoms. The van der Waals surface area contributed by atoms with E-state index in [2.05, 4.69) is 4.90 Å². The number of halogens is 2. The third-order valence-corrected chi connectivity index (χ3v) is 5.71. The van der Waals surface area contributed by atoms with Crippen LogP contribution in [0.2, 0.25) is 10.0 Å². The Morgan fingerprint density at radius 2 is 1.84 bits per heavy atom. The zero-order chi connectivity index (χ0) is 17.6. The van der Waals surface area contributed by atoms with Crippen molar-refractivity contribution in [2.75, 3.05) is 18.6 Å². The van der Waals surface area contributed by atoms with Crippen LogP contribution in [0.1, 0.15) is 24.6 Å². The Morgan fingerprint density at radius 3 is 2.52 bits per heavy atom. The zero-order valence-corrected chi connectivity index (χ0v) is 15.3.